The molecule has 0 radical (unpaired) electrons. The number of nitrogens with two attached hydrogens (primary N) is 1. The van der Waals surface area contributed by atoms with Crippen LogP contribution in [0.2, 0.25) is 0 Å². The molecular weight excluding hydrogens is 348 g/mol. The first kappa shape index (κ1) is 14.9. The van der Waals surface area contributed by atoms with Gasteiger partial charge >= 0.3 is 0 Å². The van der Waals surface area contributed by atoms with Gasteiger partial charge in [0, 0.05) is 4.47 Å². The van der Waals surface area contributed by atoms with Gasteiger partial charge in [-0.05, 0) is 30.3 Å². The largest absolute Gasteiger partial charge is 0.495 e. The van der Waals surface area contributed by atoms with Crippen molar-refractivity contribution in [2.75, 3.05) is 11.8 Å². The smallest absolute Gasteiger partial charge is 0.295 e. The molecule has 6 nitrogen and oxygen atoms in total. The van der Waals surface area contributed by atoms with Crippen molar-refractivity contribution in [3.63, 3.8) is 0 Å². The van der Waals surface area contributed by atoms with Gasteiger partial charge in [0.05, 0.1) is 19.3 Å². The first-order chi connectivity index (χ1) is 9.46. The Balaban J connectivity index is 2.35. The van der Waals surface area contributed by atoms with Crippen LogP contribution in [0, 0.1) is 0 Å². The number of methoxy groups -OCH3 is 1. The van der Waals surface area contributed by atoms with Crippen LogP contribution in [0.4, 0.5) is 5.69 Å². The molecule has 0 saturated heterocycles. The number of benzene rings is 1. The number of halogens is 1. The van der Waals surface area contributed by atoms with E-state index in [-0.39, 0.29) is 11.6 Å². The van der Waals surface area contributed by atoms with Gasteiger partial charge in [0.1, 0.15) is 11.5 Å². The average Bonchev–Trinajstić information content (AvgIpc) is 2.88. The first-order valence-corrected chi connectivity index (χ1v) is 7.89. The SMILES string of the molecule is COc1ccc(Br)cc1NS(=O)(=O)c1ccc(CN)o1. The number of nitrogens with one attached hydrogen (secondary N) is 1. The summed E-state index contributed by atoms with van der Waals surface area (Å²) >= 11 is 3.27. The van der Waals surface area contributed by atoms with E-state index in [9.17, 15) is 8.42 Å². The number of hydrogen-bond donors (Lipinski definition) is 2. The molecule has 0 fully saturated rings. The molecule has 0 aliphatic rings. The Kier molecular flexibility index (Phi) is 4.36. The summed E-state index contributed by atoms with van der Waals surface area (Å²) in [5.41, 5.74) is 5.70. The Morgan fingerprint density at radius 3 is 2.70 bits per heavy atom. The molecule has 1 aromatic carbocycles. The van der Waals surface area contributed by atoms with Gasteiger partial charge in [0.15, 0.2) is 0 Å². The van der Waals surface area contributed by atoms with Crippen molar-refractivity contribution < 1.29 is 17.6 Å². The Morgan fingerprint density at radius 1 is 1.35 bits per heavy atom. The molecule has 0 atom stereocenters. The van der Waals surface area contributed by atoms with Crippen molar-refractivity contribution >= 4 is 31.6 Å². The Hall–Kier alpha value is -1.51. The minimum atomic E-state index is -3.82. The highest BCUT2D eigenvalue weighted by Crippen LogP contribution is 2.30. The zero-order valence-corrected chi connectivity index (χ0v) is 13.0. The summed E-state index contributed by atoms with van der Waals surface area (Å²) in [5.74, 6) is 0.800. The van der Waals surface area contributed by atoms with Crippen LogP contribution in [-0.2, 0) is 16.6 Å². The maximum atomic E-state index is 12.2. The lowest BCUT2D eigenvalue weighted by Crippen LogP contribution is -2.13. The normalized spacial score (nSPS) is 11.3. The average molecular weight is 361 g/mol. The number of anilines is 1. The summed E-state index contributed by atoms with van der Waals surface area (Å²) in [7, 11) is -2.37. The zero-order valence-electron chi connectivity index (χ0n) is 10.6. The van der Waals surface area contributed by atoms with Crippen molar-refractivity contribution in [1.29, 1.82) is 0 Å². The van der Waals surface area contributed by atoms with Crippen LogP contribution < -0.4 is 15.2 Å². The number of ether oxygens (including phenoxy) is 1. The standard InChI is InChI=1S/C12H13BrN2O4S/c1-18-11-4-2-8(13)6-10(11)15-20(16,17)12-5-3-9(7-14)19-12/h2-6,15H,7,14H2,1H3. The minimum Gasteiger partial charge on any atom is -0.495 e. The second-order valence-corrected chi connectivity index (χ2v) is 6.40. The quantitative estimate of drug-likeness (QED) is 0.852. The molecule has 0 unspecified atom stereocenters. The van der Waals surface area contributed by atoms with Gasteiger partial charge in [-0.2, -0.15) is 8.42 Å². The molecule has 0 amide bonds. The second kappa shape index (κ2) is 5.86. The first-order valence-electron chi connectivity index (χ1n) is 5.61. The number of furan rings is 1. The van der Waals surface area contributed by atoms with Crippen molar-refractivity contribution in [3.05, 3.63) is 40.6 Å². The molecular formula is C12H13BrN2O4S. The maximum Gasteiger partial charge on any atom is 0.295 e. The fraction of sp³-hybridized carbons (Fsp3) is 0.167. The fourth-order valence-corrected chi connectivity index (χ4v) is 2.94. The summed E-state index contributed by atoms with van der Waals surface area (Å²) in [4.78, 5) is 0. The van der Waals surface area contributed by atoms with Gasteiger partial charge in [-0.15, -0.1) is 0 Å². The molecule has 0 aliphatic heterocycles. The van der Waals surface area contributed by atoms with Gasteiger partial charge in [-0.25, -0.2) is 0 Å². The molecule has 1 aromatic heterocycles. The summed E-state index contributed by atoms with van der Waals surface area (Å²) in [6.07, 6.45) is 0. The molecule has 3 N–H and O–H groups in total. The van der Waals surface area contributed by atoms with Crippen LogP contribution in [0.25, 0.3) is 0 Å². The third-order valence-corrected chi connectivity index (χ3v) is 4.24. The Morgan fingerprint density at radius 2 is 2.10 bits per heavy atom. The van der Waals surface area contributed by atoms with Crippen LogP contribution in [-0.4, -0.2) is 15.5 Å². The van der Waals surface area contributed by atoms with Crippen molar-refractivity contribution in [3.8, 4) is 5.75 Å². The van der Waals surface area contributed by atoms with E-state index in [1.165, 1.54) is 19.2 Å². The van der Waals surface area contributed by atoms with Crippen molar-refractivity contribution in [2.45, 2.75) is 11.6 Å². The number of rotatable bonds is 5. The lowest BCUT2D eigenvalue weighted by molar-refractivity contribution is 0.414. The summed E-state index contributed by atoms with van der Waals surface area (Å²) in [6, 6.07) is 7.87. The van der Waals surface area contributed by atoms with Gasteiger partial charge < -0.3 is 14.9 Å². The summed E-state index contributed by atoms with van der Waals surface area (Å²) in [5, 5.41) is -0.194. The van der Waals surface area contributed by atoms with E-state index in [4.69, 9.17) is 14.9 Å². The molecule has 108 valence electrons. The Bertz CT molecular complexity index is 712. The summed E-state index contributed by atoms with van der Waals surface area (Å²) in [6.45, 7) is 0.135. The number of sulfonamides is 1. The molecule has 20 heavy (non-hydrogen) atoms. The molecule has 2 aromatic rings. The van der Waals surface area contributed by atoms with E-state index in [2.05, 4.69) is 20.7 Å². The van der Waals surface area contributed by atoms with E-state index >= 15 is 0 Å². The molecule has 0 spiro atoms. The van der Waals surface area contributed by atoms with E-state index in [1.807, 2.05) is 0 Å². The highest BCUT2D eigenvalue weighted by atomic mass is 79.9. The van der Waals surface area contributed by atoms with Crippen LogP contribution in [0.3, 0.4) is 0 Å². The maximum absolute atomic E-state index is 12.2. The van der Waals surface area contributed by atoms with Crippen molar-refractivity contribution in [1.82, 2.24) is 0 Å². The zero-order chi connectivity index (χ0) is 14.8. The Labute approximate surface area is 125 Å². The molecule has 0 aliphatic carbocycles. The lowest BCUT2D eigenvalue weighted by atomic mass is 10.3. The fourth-order valence-electron chi connectivity index (χ4n) is 1.57. The third-order valence-electron chi connectivity index (χ3n) is 2.51. The predicted molar refractivity (Wildman–Crippen MR) is 78.1 cm³/mol. The van der Waals surface area contributed by atoms with Crippen LogP contribution >= 0.6 is 15.9 Å². The van der Waals surface area contributed by atoms with Gasteiger partial charge in [0.2, 0.25) is 5.09 Å². The van der Waals surface area contributed by atoms with E-state index in [0.717, 1.165) is 4.47 Å². The predicted octanol–water partition coefficient (Wildman–Crippen LogP) is 2.31. The summed E-state index contributed by atoms with van der Waals surface area (Å²) < 4.78 is 37.8. The molecule has 0 bridgehead atoms. The molecule has 1 heterocycles. The topological polar surface area (TPSA) is 94.6 Å². The monoisotopic (exact) mass is 360 g/mol. The van der Waals surface area contributed by atoms with Crippen LogP contribution in [0.15, 0.2) is 44.3 Å². The third kappa shape index (κ3) is 3.14. The van der Waals surface area contributed by atoms with E-state index in [0.29, 0.717) is 17.2 Å². The van der Waals surface area contributed by atoms with Crippen LogP contribution in [0.1, 0.15) is 5.76 Å². The molecule has 2 rings (SSSR count). The molecule has 8 heteroatoms. The van der Waals surface area contributed by atoms with Crippen molar-refractivity contribution in [2.24, 2.45) is 5.73 Å². The number of hydrogen-bond acceptors (Lipinski definition) is 5. The van der Waals surface area contributed by atoms with Gasteiger partial charge in [0.25, 0.3) is 10.0 Å². The van der Waals surface area contributed by atoms with Gasteiger partial charge in [-0.3, -0.25) is 4.72 Å². The minimum absolute atomic E-state index is 0.135. The highest BCUT2D eigenvalue weighted by molar-refractivity contribution is 9.10. The lowest BCUT2D eigenvalue weighted by Gasteiger charge is -2.10. The second-order valence-electron chi connectivity index (χ2n) is 3.87. The molecule has 0 saturated carbocycles. The van der Waals surface area contributed by atoms with Gasteiger partial charge in [-0.1, -0.05) is 15.9 Å². The van der Waals surface area contributed by atoms with Crippen LogP contribution in [0.5, 0.6) is 5.75 Å². The highest BCUT2D eigenvalue weighted by Gasteiger charge is 2.20. The van der Waals surface area contributed by atoms with E-state index in [1.54, 1.807) is 18.2 Å². The van der Waals surface area contributed by atoms with E-state index < -0.39 is 10.0 Å².